The third-order valence-electron chi connectivity index (χ3n) is 4.35. The second-order valence-corrected chi connectivity index (χ2v) is 5.56. The lowest BCUT2D eigenvalue weighted by molar-refractivity contribution is -0.136. The predicted octanol–water partition coefficient (Wildman–Crippen LogP) is 1.03. The van der Waals surface area contributed by atoms with Crippen LogP contribution in [0.5, 0.6) is 0 Å². The van der Waals surface area contributed by atoms with Gasteiger partial charge in [-0.3, -0.25) is 4.79 Å². The van der Waals surface area contributed by atoms with Crippen LogP contribution in [0.4, 0.5) is 0 Å². The molecular formula is C13H19N3O. The van der Waals surface area contributed by atoms with E-state index in [1.807, 2.05) is 4.90 Å². The van der Waals surface area contributed by atoms with E-state index in [4.69, 9.17) is 5.26 Å². The van der Waals surface area contributed by atoms with Crippen molar-refractivity contribution in [2.75, 3.05) is 6.54 Å². The molecule has 3 aliphatic rings. The molecule has 0 aromatic rings. The number of nitrogens with zero attached hydrogens (tertiary/aromatic N) is 2. The van der Waals surface area contributed by atoms with Gasteiger partial charge in [0, 0.05) is 24.7 Å². The zero-order chi connectivity index (χ0) is 11.8. The number of nitriles is 1. The molecule has 4 heteroatoms. The van der Waals surface area contributed by atoms with E-state index in [1.165, 1.54) is 6.42 Å². The summed E-state index contributed by atoms with van der Waals surface area (Å²) >= 11 is 0. The van der Waals surface area contributed by atoms with Gasteiger partial charge in [0.2, 0.25) is 5.91 Å². The monoisotopic (exact) mass is 233 g/mol. The Kier molecular flexibility index (Phi) is 2.79. The van der Waals surface area contributed by atoms with E-state index in [1.54, 1.807) is 0 Å². The van der Waals surface area contributed by atoms with E-state index >= 15 is 0 Å². The number of hydrogen-bond donors (Lipinski definition) is 1. The lowest BCUT2D eigenvalue weighted by Gasteiger charge is -2.28. The van der Waals surface area contributed by atoms with Crippen molar-refractivity contribution in [3.8, 4) is 6.07 Å². The molecule has 2 bridgehead atoms. The Labute approximate surface area is 102 Å². The van der Waals surface area contributed by atoms with Gasteiger partial charge >= 0.3 is 0 Å². The fraction of sp³-hybridized carbons (Fsp3) is 0.846. The summed E-state index contributed by atoms with van der Waals surface area (Å²) in [5, 5.41) is 12.2. The Morgan fingerprint density at radius 3 is 2.71 bits per heavy atom. The first-order valence-electron chi connectivity index (χ1n) is 6.73. The number of amides is 1. The standard InChI is InChI=1S/C13H19N3O/c14-6-1-7-16(10-3-4-10)13(17)11-8-9-2-5-12(11)15-9/h9-12,15H,1-5,7-8H2. The van der Waals surface area contributed by atoms with Gasteiger partial charge in [-0.2, -0.15) is 5.26 Å². The van der Waals surface area contributed by atoms with E-state index in [0.717, 1.165) is 25.7 Å². The highest BCUT2D eigenvalue weighted by Crippen LogP contribution is 2.37. The van der Waals surface area contributed by atoms with E-state index in [2.05, 4.69) is 11.4 Å². The summed E-state index contributed by atoms with van der Waals surface area (Å²) in [4.78, 5) is 14.5. The first-order chi connectivity index (χ1) is 8.29. The van der Waals surface area contributed by atoms with Crippen molar-refractivity contribution in [2.45, 2.75) is 56.7 Å². The highest BCUT2D eigenvalue weighted by Gasteiger charge is 2.46. The number of nitrogens with one attached hydrogen (secondary N) is 1. The maximum Gasteiger partial charge on any atom is 0.227 e. The van der Waals surface area contributed by atoms with Gasteiger partial charge in [-0.05, 0) is 32.1 Å². The SMILES string of the molecule is N#CCCN(C(=O)C1CC2CCC1N2)C1CC1. The van der Waals surface area contributed by atoms with Crippen LogP contribution in [0.2, 0.25) is 0 Å². The largest absolute Gasteiger partial charge is 0.338 e. The van der Waals surface area contributed by atoms with Crippen LogP contribution >= 0.6 is 0 Å². The Morgan fingerprint density at radius 1 is 1.35 bits per heavy atom. The molecule has 0 aromatic heterocycles. The maximum absolute atomic E-state index is 12.5. The van der Waals surface area contributed by atoms with Crippen LogP contribution < -0.4 is 5.32 Å². The zero-order valence-electron chi connectivity index (χ0n) is 10.1. The number of rotatable bonds is 4. The van der Waals surface area contributed by atoms with Gasteiger partial charge in [0.15, 0.2) is 0 Å². The van der Waals surface area contributed by atoms with E-state index in [-0.39, 0.29) is 5.92 Å². The average molecular weight is 233 g/mol. The second-order valence-electron chi connectivity index (χ2n) is 5.56. The number of fused-ring (bicyclic) bond motifs is 2. The van der Waals surface area contributed by atoms with Gasteiger partial charge in [-0.25, -0.2) is 0 Å². The van der Waals surface area contributed by atoms with Crippen LogP contribution in [-0.2, 0) is 4.79 Å². The van der Waals surface area contributed by atoms with Crippen molar-refractivity contribution in [1.82, 2.24) is 10.2 Å². The molecule has 1 amide bonds. The summed E-state index contributed by atoms with van der Waals surface area (Å²) in [5.74, 6) is 0.496. The zero-order valence-corrected chi connectivity index (χ0v) is 10.1. The molecule has 0 aromatic carbocycles. The van der Waals surface area contributed by atoms with Crippen molar-refractivity contribution in [2.24, 2.45) is 5.92 Å². The smallest absolute Gasteiger partial charge is 0.227 e. The number of hydrogen-bond acceptors (Lipinski definition) is 3. The third-order valence-corrected chi connectivity index (χ3v) is 4.35. The molecule has 4 nitrogen and oxygen atoms in total. The molecule has 1 saturated carbocycles. The van der Waals surface area contributed by atoms with Crippen LogP contribution in [0.3, 0.4) is 0 Å². The van der Waals surface area contributed by atoms with Gasteiger partial charge in [-0.15, -0.1) is 0 Å². The van der Waals surface area contributed by atoms with E-state index in [9.17, 15) is 4.79 Å². The Hall–Kier alpha value is -1.08. The number of carbonyl (C=O) groups excluding carboxylic acids is 1. The molecule has 92 valence electrons. The summed E-state index contributed by atoms with van der Waals surface area (Å²) in [6.45, 7) is 0.633. The molecule has 3 fully saturated rings. The molecule has 2 heterocycles. The molecule has 1 N–H and O–H groups in total. The van der Waals surface area contributed by atoms with Gasteiger partial charge < -0.3 is 10.2 Å². The Balaban J connectivity index is 1.65. The van der Waals surface area contributed by atoms with Crippen LogP contribution in [0.25, 0.3) is 0 Å². The summed E-state index contributed by atoms with van der Waals surface area (Å²) in [7, 11) is 0. The molecule has 3 atom stereocenters. The van der Waals surface area contributed by atoms with E-state index < -0.39 is 0 Å². The molecule has 1 aliphatic carbocycles. The van der Waals surface area contributed by atoms with Crippen LogP contribution in [0, 0.1) is 17.2 Å². The fourth-order valence-corrected chi connectivity index (χ4v) is 3.34. The molecule has 2 saturated heterocycles. The topological polar surface area (TPSA) is 56.1 Å². The lowest BCUT2D eigenvalue weighted by Crippen LogP contribution is -2.42. The van der Waals surface area contributed by atoms with Crippen LogP contribution in [0.15, 0.2) is 0 Å². The third kappa shape index (κ3) is 2.04. The summed E-state index contributed by atoms with van der Waals surface area (Å²) in [6.07, 6.45) is 6.13. The predicted molar refractivity (Wildman–Crippen MR) is 63.0 cm³/mol. The maximum atomic E-state index is 12.5. The Bertz CT molecular complexity index is 358. The second kappa shape index (κ2) is 4.30. The average Bonchev–Trinajstić information content (AvgIpc) is 2.96. The molecule has 17 heavy (non-hydrogen) atoms. The molecule has 3 unspecified atom stereocenters. The summed E-state index contributed by atoms with van der Waals surface area (Å²) in [5.41, 5.74) is 0. The van der Waals surface area contributed by atoms with Crippen LogP contribution in [-0.4, -0.2) is 35.5 Å². The van der Waals surface area contributed by atoms with Gasteiger partial charge in [0.25, 0.3) is 0 Å². The quantitative estimate of drug-likeness (QED) is 0.789. The first-order valence-corrected chi connectivity index (χ1v) is 6.73. The summed E-state index contributed by atoms with van der Waals surface area (Å²) < 4.78 is 0. The van der Waals surface area contributed by atoms with Crippen molar-refractivity contribution in [3.63, 3.8) is 0 Å². The first kappa shape index (κ1) is 11.0. The minimum Gasteiger partial charge on any atom is -0.338 e. The van der Waals surface area contributed by atoms with E-state index in [0.29, 0.717) is 37.0 Å². The molecule has 3 rings (SSSR count). The normalized spacial score (nSPS) is 34.6. The number of carbonyl (C=O) groups is 1. The Morgan fingerprint density at radius 2 is 2.18 bits per heavy atom. The van der Waals surface area contributed by atoms with Gasteiger partial charge in [0.05, 0.1) is 18.4 Å². The van der Waals surface area contributed by atoms with Crippen molar-refractivity contribution in [1.29, 1.82) is 5.26 Å². The van der Waals surface area contributed by atoms with Gasteiger partial charge in [-0.1, -0.05) is 0 Å². The lowest BCUT2D eigenvalue weighted by atomic mass is 9.88. The molecule has 0 radical (unpaired) electrons. The van der Waals surface area contributed by atoms with Crippen molar-refractivity contribution >= 4 is 5.91 Å². The molecular weight excluding hydrogens is 214 g/mol. The molecule has 2 aliphatic heterocycles. The van der Waals surface area contributed by atoms with Crippen molar-refractivity contribution < 1.29 is 4.79 Å². The van der Waals surface area contributed by atoms with Crippen molar-refractivity contribution in [3.05, 3.63) is 0 Å². The highest BCUT2D eigenvalue weighted by atomic mass is 16.2. The van der Waals surface area contributed by atoms with Crippen LogP contribution in [0.1, 0.15) is 38.5 Å². The highest BCUT2D eigenvalue weighted by molar-refractivity contribution is 5.81. The minimum absolute atomic E-state index is 0.188. The summed E-state index contributed by atoms with van der Waals surface area (Å²) in [6, 6.07) is 3.58. The molecule has 0 spiro atoms. The fourth-order valence-electron chi connectivity index (χ4n) is 3.34. The van der Waals surface area contributed by atoms with Gasteiger partial charge in [0.1, 0.15) is 0 Å². The minimum atomic E-state index is 0.188.